The Morgan fingerprint density at radius 1 is 0.460 bits per heavy atom. The number of carbonyl (C=O) groups excluding carboxylic acids is 2. The van der Waals surface area contributed by atoms with E-state index in [0.717, 1.165) is 51.4 Å². The molecule has 0 aliphatic heterocycles. The molecule has 0 radical (unpaired) electrons. The zero-order valence-electron chi connectivity index (χ0n) is 33.2. The fraction of sp³-hybridized carbons (Fsp3) is 0.822. The van der Waals surface area contributed by atoms with Gasteiger partial charge in [0.05, 0.1) is 6.61 Å². The van der Waals surface area contributed by atoms with E-state index in [1.165, 1.54) is 141 Å². The van der Waals surface area contributed by atoms with Crippen LogP contribution in [-0.4, -0.2) is 36.4 Å². The predicted octanol–water partition coefficient (Wildman–Crippen LogP) is 13.6. The van der Waals surface area contributed by atoms with Gasteiger partial charge < -0.3 is 14.6 Å². The molecule has 0 heterocycles. The molecule has 0 aromatic carbocycles. The van der Waals surface area contributed by atoms with Crippen LogP contribution in [0.5, 0.6) is 0 Å². The van der Waals surface area contributed by atoms with E-state index in [1.807, 2.05) is 0 Å². The van der Waals surface area contributed by atoms with E-state index in [1.54, 1.807) is 0 Å². The minimum atomic E-state index is -0.775. The molecule has 0 fully saturated rings. The van der Waals surface area contributed by atoms with Crippen LogP contribution in [-0.2, 0) is 19.1 Å². The van der Waals surface area contributed by atoms with E-state index < -0.39 is 6.10 Å². The molecule has 5 nitrogen and oxygen atoms in total. The number of allylic oxidation sites excluding steroid dienone is 6. The highest BCUT2D eigenvalue weighted by molar-refractivity contribution is 5.70. The number of aliphatic hydroxyl groups is 1. The molecule has 1 N–H and O–H groups in total. The second-order valence-corrected chi connectivity index (χ2v) is 14.4. The first-order valence-electron chi connectivity index (χ1n) is 21.5. The summed E-state index contributed by atoms with van der Waals surface area (Å²) < 4.78 is 10.6. The molecule has 292 valence electrons. The lowest BCUT2D eigenvalue weighted by molar-refractivity contribution is -0.161. The molecule has 0 saturated carbocycles. The van der Waals surface area contributed by atoms with Crippen LogP contribution in [0.3, 0.4) is 0 Å². The molecule has 1 atom stereocenters. The second kappa shape index (κ2) is 41.5. The summed E-state index contributed by atoms with van der Waals surface area (Å²) in [6.45, 7) is 4.11. The van der Waals surface area contributed by atoms with Gasteiger partial charge in [0.25, 0.3) is 0 Å². The van der Waals surface area contributed by atoms with Crippen LogP contribution >= 0.6 is 0 Å². The van der Waals surface area contributed by atoms with E-state index in [4.69, 9.17) is 9.47 Å². The quantitative estimate of drug-likeness (QED) is 0.0392. The lowest BCUT2D eigenvalue weighted by atomic mass is 10.1. The van der Waals surface area contributed by atoms with Gasteiger partial charge in [0.1, 0.15) is 6.61 Å². The zero-order valence-corrected chi connectivity index (χ0v) is 33.2. The van der Waals surface area contributed by atoms with Crippen molar-refractivity contribution in [2.75, 3.05) is 13.2 Å². The maximum Gasteiger partial charge on any atom is 0.306 e. The first-order chi connectivity index (χ1) is 24.6. The number of rotatable bonds is 39. The lowest BCUT2D eigenvalue weighted by Gasteiger charge is -2.15. The normalized spacial score (nSPS) is 12.5. The summed E-state index contributed by atoms with van der Waals surface area (Å²) in [5.74, 6) is -0.597. The van der Waals surface area contributed by atoms with E-state index in [0.29, 0.717) is 12.8 Å². The van der Waals surface area contributed by atoms with Crippen LogP contribution in [0.1, 0.15) is 219 Å². The number of esters is 2. The van der Waals surface area contributed by atoms with Gasteiger partial charge in [0, 0.05) is 12.8 Å². The van der Waals surface area contributed by atoms with Crippen molar-refractivity contribution >= 4 is 11.9 Å². The van der Waals surface area contributed by atoms with Crippen molar-refractivity contribution in [3.8, 4) is 0 Å². The molecule has 0 saturated heterocycles. The van der Waals surface area contributed by atoms with Crippen molar-refractivity contribution in [1.29, 1.82) is 0 Å². The van der Waals surface area contributed by atoms with Gasteiger partial charge >= 0.3 is 11.9 Å². The third kappa shape index (κ3) is 38.9. The molecule has 0 aliphatic rings. The monoisotopic (exact) mass is 703 g/mol. The molecule has 0 bridgehead atoms. The molecule has 0 amide bonds. The van der Waals surface area contributed by atoms with Gasteiger partial charge in [-0.3, -0.25) is 9.59 Å². The molecule has 5 heteroatoms. The molecule has 0 aromatic heterocycles. The minimum absolute atomic E-state index is 0.0685. The SMILES string of the molecule is CCCCCC=CCC=CCCCCCCCCCC(=O)OC(CO)COC(=O)CCCCCCCCCCCC=CCCCCCCCC. The van der Waals surface area contributed by atoms with Crippen molar-refractivity contribution in [1.82, 2.24) is 0 Å². The Bertz CT molecular complexity index is 801. The first-order valence-corrected chi connectivity index (χ1v) is 21.5. The number of carbonyl (C=O) groups is 2. The smallest absolute Gasteiger partial charge is 0.306 e. The topological polar surface area (TPSA) is 72.8 Å². The summed E-state index contributed by atoms with van der Waals surface area (Å²) in [5, 5.41) is 9.57. The van der Waals surface area contributed by atoms with E-state index in [-0.39, 0.29) is 25.2 Å². The van der Waals surface area contributed by atoms with Crippen molar-refractivity contribution in [2.45, 2.75) is 225 Å². The van der Waals surface area contributed by atoms with Gasteiger partial charge in [-0.1, -0.05) is 172 Å². The van der Waals surface area contributed by atoms with Gasteiger partial charge in [-0.15, -0.1) is 0 Å². The molecular formula is C45H82O5. The highest BCUT2D eigenvalue weighted by Gasteiger charge is 2.16. The Morgan fingerprint density at radius 2 is 0.800 bits per heavy atom. The van der Waals surface area contributed by atoms with Crippen molar-refractivity contribution < 1.29 is 24.2 Å². The Hall–Kier alpha value is -1.88. The fourth-order valence-corrected chi connectivity index (χ4v) is 6.11. The average molecular weight is 703 g/mol. The van der Waals surface area contributed by atoms with Crippen molar-refractivity contribution in [3.05, 3.63) is 36.5 Å². The van der Waals surface area contributed by atoms with Gasteiger partial charge in [-0.05, 0) is 70.6 Å². The Morgan fingerprint density at radius 3 is 1.24 bits per heavy atom. The van der Waals surface area contributed by atoms with Crippen LogP contribution in [0, 0.1) is 0 Å². The third-order valence-electron chi connectivity index (χ3n) is 9.41. The summed E-state index contributed by atoms with van der Waals surface area (Å²) in [5.41, 5.74) is 0. The van der Waals surface area contributed by atoms with Crippen molar-refractivity contribution in [2.24, 2.45) is 0 Å². The fourth-order valence-electron chi connectivity index (χ4n) is 6.11. The second-order valence-electron chi connectivity index (χ2n) is 14.4. The molecule has 50 heavy (non-hydrogen) atoms. The predicted molar refractivity (Wildman–Crippen MR) is 214 cm³/mol. The number of unbranched alkanes of at least 4 members (excludes halogenated alkanes) is 25. The largest absolute Gasteiger partial charge is 0.462 e. The van der Waals surface area contributed by atoms with Gasteiger partial charge in [-0.25, -0.2) is 0 Å². The number of hydrogen-bond acceptors (Lipinski definition) is 5. The highest BCUT2D eigenvalue weighted by atomic mass is 16.6. The van der Waals surface area contributed by atoms with Crippen LogP contribution < -0.4 is 0 Å². The molecule has 0 spiro atoms. The first kappa shape index (κ1) is 48.1. The number of hydrogen-bond donors (Lipinski definition) is 1. The van der Waals surface area contributed by atoms with Gasteiger partial charge in [0.15, 0.2) is 6.10 Å². The molecular weight excluding hydrogens is 620 g/mol. The third-order valence-corrected chi connectivity index (χ3v) is 9.41. The summed E-state index contributed by atoms with van der Waals surface area (Å²) >= 11 is 0. The maximum atomic E-state index is 12.2. The van der Waals surface area contributed by atoms with Crippen LogP contribution in [0.25, 0.3) is 0 Å². The van der Waals surface area contributed by atoms with E-state index in [9.17, 15) is 14.7 Å². The number of aliphatic hydroxyl groups excluding tert-OH is 1. The minimum Gasteiger partial charge on any atom is -0.462 e. The summed E-state index contributed by atoms with van der Waals surface area (Å²) in [4.78, 5) is 24.3. The Labute approximate surface area is 310 Å². The van der Waals surface area contributed by atoms with E-state index >= 15 is 0 Å². The van der Waals surface area contributed by atoms with Crippen LogP contribution in [0.4, 0.5) is 0 Å². The summed E-state index contributed by atoms with van der Waals surface area (Å²) in [6, 6.07) is 0. The van der Waals surface area contributed by atoms with Crippen LogP contribution in [0.2, 0.25) is 0 Å². The van der Waals surface area contributed by atoms with Crippen molar-refractivity contribution in [3.63, 3.8) is 0 Å². The van der Waals surface area contributed by atoms with Gasteiger partial charge in [-0.2, -0.15) is 0 Å². The molecule has 1 unspecified atom stereocenters. The van der Waals surface area contributed by atoms with E-state index in [2.05, 4.69) is 50.3 Å². The number of ether oxygens (including phenoxy) is 2. The zero-order chi connectivity index (χ0) is 36.4. The molecule has 0 aromatic rings. The van der Waals surface area contributed by atoms with Gasteiger partial charge in [0.2, 0.25) is 0 Å². The lowest BCUT2D eigenvalue weighted by Crippen LogP contribution is -2.28. The molecule has 0 aliphatic carbocycles. The Balaban J connectivity index is 3.54. The Kier molecular flexibility index (Phi) is 40.0. The standard InChI is InChI=1S/C45H82O5/c1-3-5-7-9-11-13-15-17-19-21-22-24-25-27-29-31-33-35-37-39-44(47)49-42-43(41-46)50-45(48)40-38-36-34-32-30-28-26-23-20-18-16-14-12-10-8-6-4-2/h12,14,17-20,43,46H,3-11,13,15-16,21-42H2,1-2H3. The summed E-state index contributed by atoms with van der Waals surface area (Å²) in [7, 11) is 0. The van der Waals surface area contributed by atoms with Crippen LogP contribution in [0.15, 0.2) is 36.5 Å². The molecule has 0 rings (SSSR count). The average Bonchev–Trinajstić information content (AvgIpc) is 3.12. The highest BCUT2D eigenvalue weighted by Crippen LogP contribution is 2.14. The maximum absolute atomic E-state index is 12.2. The summed E-state index contributed by atoms with van der Waals surface area (Å²) in [6.07, 6.45) is 50.6.